The van der Waals surface area contributed by atoms with E-state index in [4.69, 9.17) is 4.74 Å². The molecule has 144 valence electrons. The molecule has 26 heavy (non-hydrogen) atoms. The first kappa shape index (κ1) is 19.2. The molecule has 2 aliphatic heterocycles. The van der Waals surface area contributed by atoms with E-state index in [-0.39, 0.29) is 11.0 Å². The lowest BCUT2D eigenvalue weighted by molar-refractivity contribution is 0.0378. The third-order valence-electron chi connectivity index (χ3n) is 4.93. The van der Waals surface area contributed by atoms with Gasteiger partial charge in [0.25, 0.3) is 0 Å². The standard InChI is InChI=1S/C19H28N2O4S/c1-15(2)25-19(22)17-14-16(8-9-18(17)20-10-6-7-11-20)26(23,24)21-12-4-3-5-13-21/h8-9,14-15H,3-7,10-13H2,1-2H3. The predicted octanol–water partition coefficient (Wildman–Crippen LogP) is 3.03. The highest BCUT2D eigenvalue weighted by Crippen LogP contribution is 2.30. The third-order valence-corrected chi connectivity index (χ3v) is 6.82. The van der Waals surface area contributed by atoms with Crippen LogP contribution in [0.25, 0.3) is 0 Å². The zero-order valence-electron chi connectivity index (χ0n) is 15.6. The van der Waals surface area contributed by atoms with Crippen LogP contribution in [0.3, 0.4) is 0 Å². The van der Waals surface area contributed by atoms with Gasteiger partial charge in [-0.15, -0.1) is 0 Å². The summed E-state index contributed by atoms with van der Waals surface area (Å²) in [5, 5.41) is 0. The SMILES string of the molecule is CC(C)OC(=O)c1cc(S(=O)(=O)N2CCCCC2)ccc1N1CCCC1. The van der Waals surface area contributed by atoms with Gasteiger partial charge in [-0.1, -0.05) is 6.42 Å². The van der Waals surface area contributed by atoms with Crippen molar-refractivity contribution in [3.8, 4) is 0 Å². The number of benzene rings is 1. The maximum Gasteiger partial charge on any atom is 0.340 e. The summed E-state index contributed by atoms with van der Waals surface area (Å²) in [5.74, 6) is -0.461. The summed E-state index contributed by atoms with van der Waals surface area (Å²) in [7, 11) is -3.58. The zero-order chi connectivity index (χ0) is 18.7. The number of hydrogen-bond acceptors (Lipinski definition) is 5. The Bertz CT molecular complexity index is 749. The number of rotatable bonds is 5. The predicted molar refractivity (Wildman–Crippen MR) is 101 cm³/mol. The lowest BCUT2D eigenvalue weighted by Gasteiger charge is -2.27. The Hall–Kier alpha value is -1.60. The lowest BCUT2D eigenvalue weighted by atomic mass is 10.1. The molecule has 0 bridgehead atoms. The molecule has 0 radical (unpaired) electrons. The lowest BCUT2D eigenvalue weighted by Crippen LogP contribution is -2.35. The van der Waals surface area contributed by atoms with Crippen molar-refractivity contribution in [3.05, 3.63) is 23.8 Å². The van der Waals surface area contributed by atoms with Crippen LogP contribution in [0.15, 0.2) is 23.1 Å². The van der Waals surface area contributed by atoms with Gasteiger partial charge in [0.15, 0.2) is 0 Å². The van der Waals surface area contributed by atoms with E-state index in [2.05, 4.69) is 4.90 Å². The molecule has 2 saturated heterocycles. The number of nitrogens with zero attached hydrogens (tertiary/aromatic N) is 2. The van der Waals surface area contributed by atoms with Crippen LogP contribution in [0, 0.1) is 0 Å². The fourth-order valence-electron chi connectivity index (χ4n) is 3.60. The Labute approximate surface area is 156 Å². The van der Waals surface area contributed by atoms with Crippen LogP contribution < -0.4 is 4.90 Å². The first-order chi connectivity index (χ1) is 12.4. The second-order valence-corrected chi connectivity index (χ2v) is 9.23. The summed E-state index contributed by atoms with van der Waals surface area (Å²) in [4.78, 5) is 14.9. The largest absolute Gasteiger partial charge is 0.459 e. The highest BCUT2D eigenvalue weighted by Gasteiger charge is 2.29. The highest BCUT2D eigenvalue weighted by molar-refractivity contribution is 7.89. The van der Waals surface area contributed by atoms with E-state index >= 15 is 0 Å². The van der Waals surface area contributed by atoms with Crippen molar-refractivity contribution in [1.82, 2.24) is 4.31 Å². The number of ether oxygens (including phenoxy) is 1. The van der Waals surface area contributed by atoms with Gasteiger partial charge in [-0.3, -0.25) is 0 Å². The van der Waals surface area contributed by atoms with Crippen LogP contribution in [-0.4, -0.2) is 51.0 Å². The fourth-order valence-corrected chi connectivity index (χ4v) is 5.15. The summed E-state index contributed by atoms with van der Waals surface area (Å²) in [6.07, 6.45) is 4.72. The summed E-state index contributed by atoms with van der Waals surface area (Å²) in [6, 6.07) is 4.89. The molecule has 0 unspecified atom stereocenters. The fraction of sp³-hybridized carbons (Fsp3) is 0.632. The molecule has 0 saturated carbocycles. The molecule has 6 nitrogen and oxygen atoms in total. The van der Waals surface area contributed by atoms with Crippen molar-refractivity contribution in [1.29, 1.82) is 0 Å². The summed E-state index contributed by atoms with van der Waals surface area (Å²) >= 11 is 0. The maximum atomic E-state index is 13.0. The summed E-state index contributed by atoms with van der Waals surface area (Å²) in [6.45, 7) is 6.42. The Morgan fingerprint density at radius 2 is 1.62 bits per heavy atom. The van der Waals surface area contributed by atoms with Crippen molar-refractivity contribution in [2.24, 2.45) is 0 Å². The molecular formula is C19H28N2O4S. The van der Waals surface area contributed by atoms with E-state index in [0.29, 0.717) is 18.7 Å². The molecular weight excluding hydrogens is 352 g/mol. The Morgan fingerprint density at radius 3 is 2.23 bits per heavy atom. The Morgan fingerprint density at radius 1 is 1.00 bits per heavy atom. The zero-order valence-corrected chi connectivity index (χ0v) is 16.4. The van der Waals surface area contributed by atoms with Gasteiger partial charge in [0.2, 0.25) is 10.0 Å². The van der Waals surface area contributed by atoms with E-state index in [1.54, 1.807) is 26.0 Å². The topological polar surface area (TPSA) is 66.9 Å². The van der Waals surface area contributed by atoms with E-state index in [1.165, 1.54) is 10.4 Å². The van der Waals surface area contributed by atoms with Gasteiger partial charge >= 0.3 is 5.97 Å². The number of anilines is 1. The van der Waals surface area contributed by atoms with Gasteiger partial charge in [0.1, 0.15) is 0 Å². The molecule has 0 amide bonds. The monoisotopic (exact) mass is 380 g/mol. The van der Waals surface area contributed by atoms with Crippen LogP contribution in [0.1, 0.15) is 56.3 Å². The number of esters is 1. The number of sulfonamides is 1. The molecule has 0 N–H and O–H groups in total. The molecule has 0 aromatic heterocycles. The molecule has 0 atom stereocenters. The Kier molecular flexibility index (Phi) is 5.87. The van der Waals surface area contributed by atoms with Gasteiger partial charge in [-0.25, -0.2) is 13.2 Å². The molecule has 0 spiro atoms. The summed E-state index contributed by atoms with van der Waals surface area (Å²) in [5.41, 5.74) is 1.12. The second-order valence-electron chi connectivity index (χ2n) is 7.29. The molecule has 3 rings (SSSR count). The van der Waals surface area contributed by atoms with E-state index in [1.807, 2.05) is 0 Å². The Balaban J connectivity index is 1.98. The van der Waals surface area contributed by atoms with Crippen LogP contribution in [0.2, 0.25) is 0 Å². The van der Waals surface area contributed by atoms with Gasteiger partial charge < -0.3 is 9.64 Å². The molecule has 1 aromatic rings. The number of carbonyl (C=O) groups is 1. The first-order valence-electron chi connectivity index (χ1n) is 9.50. The van der Waals surface area contributed by atoms with Crippen LogP contribution in [0.4, 0.5) is 5.69 Å². The molecule has 7 heteroatoms. The van der Waals surface area contributed by atoms with Gasteiger partial charge in [-0.05, 0) is 57.7 Å². The molecule has 2 fully saturated rings. The van der Waals surface area contributed by atoms with Crippen molar-refractivity contribution < 1.29 is 17.9 Å². The second kappa shape index (κ2) is 7.96. The average Bonchev–Trinajstić information content (AvgIpc) is 3.16. The van der Waals surface area contributed by atoms with Crippen molar-refractivity contribution >= 4 is 21.7 Å². The van der Waals surface area contributed by atoms with Gasteiger partial charge in [0, 0.05) is 26.2 Å². The first-order valence-corrected chi connectivity index (χ1v) is 10.9. The van der Waals surface area contributed by atoms with Crippen molar-refractivity contribution in [2.45, 2.75) is 57.0 Å². The molecule has 2 heterocycles. The molecule has 0 aliphatic carbocycles. The van der Waals surface area contributed by atoms with E-state index in [0.717, 1.165) is 50.9 Å². The summed E-state index contributed by atoms with van der Waals surface area (Å²) < 4.78 is 32.9. The van der Waals surface area contributed by atoms with Crippen molar-refractivity contribution in [3.63, 3.8) is 0 Å². The molecule has 1 aromatic carbocycles. The third kappa shape index (κ3) is 4.04. The van der Waals surface area contributed by atoms with Gasteiger partial charge in [-0.2, -0.15) is 4.31 Å². The maximum absolute atomic E-state index is 13.0. The van der Waals surface area contributed by atoms with Crippen molar-refractivity contribution in [2.75, 3.05) is 31.1 Å². The minimum Gasteiger partial charge on any atom is -0.459 e. The minimum absolute atomic E-state index is 0.179. The minimum atomic E-state index is -3.58. The number of piperidine rings is 1. The quantitative estimate of drug-likeness (QED) is 0.735. The highest BCUT2D eigenvalue weighted by atomic mass is 32.2. The number of hydrogen-bond donors (Lipinski definition) is 0. The molecule has 2 aliphatic rings. The number of carbonyl (C=O) groups excluding carboxylic acids is 1. The van der Waals surface area contributed by atoms with Crippen LogP contribution in [0.5, 0.6) is 0 Å². The van der Waals surface area contributed by atoms with Crippen LogP contribution >= 0.6 is 0 Å². The van der Waals surface area contributed by atoms with E-state index < -0.39 is 16.0 Å². The van der Waals surface area contributed by atoms with Gasteiger partial charge in [0.05, 0.1) is 22.3 Å². The van der Waals surface area contributed by atoms with Crippen LogP contribution in [-0.2, 0) is 14.8 Å². The van der Waals surface area contributed by atoms with E-state index in [9.17, 15) is 13.2 Å². The average molecular weight is 381 g/mol. The smallest absolute Gasteiger partial charge is 0.340 e. The normalized spacial score (nSPS) is 19.1.